The second-order valence-electron chi connectivity index (χ2n) is 7.11. The van der Waals surface area contributed by atoms with Gasteiger partial charge in [-0.1, -0.05) is 26.0 Å². The van der Waals surface area contributed by atoms with Gasteiger partial charge in [-0.25, -0.2) is 22.4 Å². The number of aromatic nitrogens is 1. The zero-order valence-corrected chi connectivity index (χ0v) is 21.1. The molecule has 2 amide bonds. The minimum Gasteiger partial charge on any atom is -0.445 e. The molecule has 0 bridgehead atoms. The summed E-state index contributed by atoms with van der Waals surface area (Å²) in [6, 6.07) is 9.26. The molecule has 0 unspecified atom stereocenters. The molecule has 0 aliphatic heterocycles. The number of carbonyl (C=O) groups excluding carboxylic acids is 2. The molecule has 196 valence electrons. The lowest BCUT2D eigenvalue weighted by Gasteiger charge is -2.10. The topological polar surface area (TPSA) is 108 Å². The van der Waals surface area contributed by atoms with Gasteiger partial charge in [0.15, 0.2) is 0 Å². The van der Waals surface area contributed by atoms with Gasteiger partial charge in [0.1, 0.15) is 29.9 Å². The average molecular weight is 510 g/mol. The second-order valence-corrected chi connectivity index (χ2v) is 7.11. The third-order valence-electron chi connectivity index (χ3n) is 4.19. The van der Waals surface area contributed by atoms with E-state index in [-0.39, 0.29) is 23.6 Å². The van der Waals surface area contributed by atoms with Gasteiger partial charge >= 0.3 is 6.09 Å². The summed E-state index contributed by atoms with van der Waals surface area (Å²) in [6.07, 6.45) is -0.934. The van der Waals surface area contributed by atoms with Crippen molar-refractivity contribution in [1.82, 2.24) is 4.98 Å². The molecule has 6 nitrogen and oxygen atoms in total. The zero-order chi connectivity index (χ0) is 28.0. The van der Waals surface area contributed by atoms with Gasteiger partial charge < -0.3 is 16.2 Å². The van der Waals surface area contributed by atoms with Crippen LogP contribution in [0.25, 0.3) is 11.3 Å². The van der Waals surface area contributed by atoms with Gasteiger partial charge in [0.25, 0.3) is 0 Å². The Labute approximate surface area is 208 Å². The Balaban J connectivity index is 0.000000637. The van der Waals surface area contributed by atoms with Crippen LogP contribution in [0.4, 0.5) is 22.4 Å². The summed E-state index contributed by atoms with van der Waals surface area (Å²) in [6.45, 7) is 9.96. The van der Waals surface area contributed by atoms with Crippen LogP contribution in [-0.2, 0) is 16.1 Å². The molecule has 0 atom stereocenters. The molecule has 0 saturated heterocycles. The maximum Gasteiger partial charge on any atom is 0.404 e. The Morgan fingerprint density at radius 3 is 1.97 bits per heavy atom. The quantitative estimate of drug-likeness (QED) is 0.420. The van der Waals surface area contributed by atoms with Crippen LogP contribution in [0.15, 0.2) is 42.5 Å². The maximum absolute atomic E-state index is 13.8. The highest BCUT2D eigenvalue weighted by Crippen LogP contribution is 2.26. The number of hydrogen-bond acceptors (Lipinski definition) is 4. The van der Waals surface area contributed by atoms with Gasteiger partial charge in [-0.15, -0.1) is 0 Å². The van der Waals surface area contributed by atoms with E-state index >= 15 is 0 Å². The van der Waals surface area contributed by atoms with Crippen LogP contribution in [0.5, 0.6) is 0 Å². The summed E-state index contributed by atoms with van der Waals surface area (Å²) in [7, 11) is 0. The van der Waals surface area contributed by atoms with Crippen LogP contribution >= 0.6 is 0 Å². The number of pyridine rings is 1. The predicted molar refractivity (Wildman–Crippen MR) is 131 cm³/mol. The number of benzene rings is 2. The molecule has 0 spiro atoms. The van der Waals surface area contributed by atoms with E-state index in [9.17, 15) is 27.2 Å². The van der Waals surface area contributed by atoms with Gasteiger partial charge in [0.2, 0.25) is 5.91 Å². The van der Waals surface area contributed by atoms with Crippen molar-refractivity contribution in [3.05, 3.63) is 88.1 Å². The molecule has 10 heteroatoms. The van der Waals surface area contributed by atoms with Crippen molar-refractivity contribution in [2.75, 3.05) is 0 Å². The van der Waals surface area contributed by atoms with Crippen molar-refractivity contribution in [3.63, 3.8) is 0 Å². The second kappa shape index (κ2) is 15.9. The SMILES string of the molecule is CC.CC(N)=O.Cc1ccc(COC(N)=O)c(-c2ccc(F)cc2F)n1.Cc1ccc(F)c(C)c1F. The largest absolute Gasteiger partial charge is 0.445 e. The molecule has 36 heavy (non-hydrogen) atoms. The molecule has 2 aromatic carbocycles. The molecule has 1 aromatic heterocycles. The summed E-state index contributed by atoms with van der Waals surface area (Å²) < 4.78 is 56.8. The number of carbonyl (C=O) groups is 2. The molecule has 0 aliphatic rings. The minimum absolute atomic E-state index is 0.0972. The fourth-order valence-corrected chi connectivity index (χ4v) is 2.56. The summed E-state index contributed by atoms with van der Waals surface area (Å²) in [4.78, 5) is 24.1. The van der Waals surface area contributed by atoms with Crippen LogP contribution in [0.1, 0.15) is 43.2 Å². The van der Waals surface area contributed by atoms with E-state index in [1.54, 1.807) is 26.0 Å². The number of amides is 2. The number of halogens is 4. The van der Waals surface area contributed by atoms with Gasteiger partial charge in [-0.05, 0) is 50.6 Å². The summed E-state index contributed by atoms with van der Waals surface area (Å²) >= 11 is 0. The predicted octanol–water partition coefficient (Wildman–Crippen LogP) is 6.03. The molecule has 3 rings (SSSR count). The van der Waals surface area contributed by atoms with Crippen molar-refractivity contribution in [1.29, 1.82) is 0 Å². The van der Waals surface area contributed by atoms with Gasteiger partial charge in [-0.2, -0.15) is 0 Å². The highest BCUT2D eigenvalue weighted by Gasteiger charge is 2.14. The number of aryl methyl sites for hydroxylation is 2. The number of nitrogens with two attached hydrogens (primary N) is 2. The van der Waals surface area contributed by atoms with E-state index in [4.69, 9.17) is 10.5 Å². The Morgan fingerprint density at radius 2 is 1.47 bits per heavy atom. The van der Waals surface area contributed by atoms with Crippen molar-refractivity contribution < 1.29 is 31.9 Å². The van der Waals surface area contributed by atoms with E-state index in [0.717, 1.165) is 12.1 Å². The van der Waals surface area contributed by atoms with Crippen molar-refractivity contribution in [2.45, 2.75) is 48.1 Å². The van der Waals surface area contributed by atoms with E-state index in [1.807, 2.05) is 13.8 Å². The normalized spacial score (nSPS) is 9.39. The Hall–Kier alpha value is -3.95. The first kappa shape index (κ1) is 32.1. The van der Waals surface area contributed by atoms with Crippen LogP contribution in [0.2, 0.25) is 0 Å². The summed E-state index contributed by atoms with van der Waals surface area (Å²) in [5, 5.41) is 0. The Kier molecular flexibility index (Phi) is 14.1. The van der Waals surface area contributed by atoms with Crippen molar-refractivity contribution >= 4 is 12.0 Å². The molecule has 3 aromatic rings. The third-order valence-corrected chi connectivity index (χ3v) is 4.19. The molecule has 0 saturated carbocycles. The number of primary amides is 2. The number of nitrogens with zero attached hydrogens (tertiary/aromatic N) is 1. The molecule has 0 radical (unpaired) electrons. The Morgan fingerprint density at radius 1 is 0.889 bits per heavy atom. The van der Waals surface area contributed by atoms with E-state index in [2.05, 4.69) is 10.7 Å². The van der Waals surface area contributed by atoms with Crippen molar-refractivity contribution in [3.8, 4) is 11.3 Å². The minimum atomic E-state index is -0.934. The first-order valence-corrected chi connectivity index (χ1v) is 10.8. The van der Waals surface area contributed by atoms with E-state index in [1.165, 1.54) is 32.0 Å². The Bertz CT molecular complexity index is 1140. The fraction of sp³-hybridized carbons (Fsp3) is 0.269. The standard InChI is InChI=1S/C14H12F2N2O2.C8H8F2.C2H5NO.C2H6/c1-8-2-3-9(7-20-14(17)19)13(18-8)11-5-4-10(15)6-12(11)16;1-5-3-4-7(9)6(2)8(5)10;1-2(3)4;1-2/h2-6H,7H2,1H3,(H2,17,19);3-4H,1-2H3;1H3,(H2,3,4);1-2H3. The monoisotopic (exact) mass is 509 g/mol. The zero-order valence-electron chi connectivity index (χ0n) is 21.1. The molecule has 4 N–H and O–H groups in total. The van der Waals surface area contributed by atoms with Crippen LogP contribution in [-0.4, -0.2) is 17.0 Å². The summed E-state index contributed by atoms with van der Waals surface area (Å²) in [5.41, 5.74) is 11.5. The van der Waals surface area contributed by atoms with Gasteiger partial charge in [0.05, 0.1) is 5.69 Å². The lowest BCUT2D eigenvalue weighted by atomic mass is 10.0. The van der Waals surface area contributed by atoms with E-state index in [0.29, 0.717) is 22.5 Å². The lowest BCUT2D eigenvalue weighted by molar-refractivity contribution is -0.115. The van der Waals surface area contributed by atoms with Crippen LogP contribution < -0.4 is 11.5 Å². The van der Waals surface area contributed by atoms with Crippen molar-refractivity contribution in [2.24, 2.45) is 11.5 Å². The van der Waals surface area contributed by atoms with Gasteiger partial charge in [0, 0.05) is 35.4 Å². The lowest BCUT2D eigenvalue weighted by Crippen LogP contribution is -2.13. The number of ether oxygens (including phenoxy) is 1. The molecular formula is C26H31F4N3O3. The van der Waals surface area contributed by atoms with Crippen LogP contribution in [0, 0.1) is 44.0 Å². The fourth-order valence-electron chi connectivity index (χ4n) is 2.56. The molecule has 1 heterocycles. The average Bonchev–Trinajstić information content (AvgIpc) is 2.81. The third kappa shape index (κ3) is 11.0. The maximum atomic E-state index is 13.8. The molecule has 0 fully saturated rings. The molecular weight excluding hydrogens is 478 g/mol. The smallest absolute Gasteiger partial charge is 0.404 e. The highest BCUT2D eigenvalue weighted by molar-refractivity contribution is 5.70. The highest BCUT2D eigenvalue weighted by atomic mass is 19.1. The summed E-state index contributed by atoms with van der Waals surface area (Å²) in [5.74, 6) is -2.67. The van der Waals surface area contributed by atoms with Crippen LogP contribution in [0.3, 0.4) is 0 Å². The number of rotatable bonds is 3. The molecule has 0 aliphatic carbocycles. The van der Waals surface area contributed by atoms with Gasteiger partial charge in [-0.3, -0.25) is 9.78 Å². The first-order valence-electron chi connectivity index (χ1n) is 10.8. The number of hydrogen-bond donors (Lipinski definition) is 2. The van der Waals surface area contributed by atoms with E-state index < -0.39 is 29.4 Å². The first-order chi connectivity index (χ1) is 16.8.